The SMILES string of the molecule is COCCC(C)NC1CC(c2ccccc2Br)C1. The van der Waals surface area contributed by atoms with E-state index in [1.807, 2.05) is 0 Å². The highest BCUT2D eigenvalue weighted by Crippen LogP contribution is 2.40. The van der Waals surface area contributed by atoms with Crippen LogP contribution in [0.4, 0.5) is 0 Å². The highest BCUT2D eigenvalue weighted by Gasteiger charge is 2.31. The molecular weight excluding hydrogens is 290 g/mol. The van der Waals surface area contributed by atoms with E-state index in [1.54, 1.807) is 7.11 Å². The van der Waals surface area contributed by atoms with Gasteiger partial charge in [0.1, 0.15) is 0 Å². The van der Waals surface area contributed by atoms with Crippen molar-refractivity contribution in [1.82, 2.24) is 5.32 Å². The Labute approximate surface area is 118 Å². The minimum Gasteiger partial charge on any atom is -0.385 e. The number of nitrogens with one attached hydrogen (secondary N) is 1. The van der Waals surface area contributed by atoms with Crippen LogP contribution in [0.25, 0.3) is 0 Å². The van der Waals surface area contributed by atoms with Crippen molar-refractivity contribution in [2.24, 2.45) is 0 Å². The molecule has 1 atom stereocenters. The average Bonchev–Trinajstić information content (AvgIpc) is 2.32. The number of benzene rings is 1. The van der Waals surface area contributed by atoms with E-state index in [-0.39, 0.29) is 0 Å². The van der Waals surface area contributed by atoms with Gasteiger partial charge in [0.2, 0.25) is 0 Å². The summed E-state index contributed by atoms with van der Waals surface area (Å²) in [5.41, 5.74) is 1.46. The molecule has 1 saturated carbocycles. The van der Waals surface area contributed by atoms with Crippen LogP contribution < -0.4 is 5.32 Å². The molecule has 1 aliphatic rings. The second-order valence-electron chi connectivity index (χ2n) is 5.24. The Morgan fingerprint density at radius 3 is 2.78 bits per heavy atom. The normalized spacial score (nSPS) is 24.6. The second-order valence-corrected chi connectivity index (χ2v) is 6.09. The zero-order valence-corrected chi connectivity index (χ0v) is 12.7. The van der Waals surface area contributed by atoms with E-state index in [4.69, 9.17) is 4.74 Å². The van der Waals surface area contributed by atoms with Crippen molar-refractivity contribution in [2.75, 3.05) is 13.7 Å². The first-order chi connectivity index (χ1) is 8.70. The van der Waals surface area contributed by atoms with Crippen LogP contribution in [-0.4, -0.2) is 25.8 Å². The summed E-state index contributed by atoms with van der Waals surface area (Å²) in [4.78, 5) is 0. The lowest BCUT2D eigenvalue weighted by Crippen LogP contribution is -2.44. The summed E-state index contributed by atoms with van der Waals surface area (Å²) >= 11 is 3.64. The molecule has 0 aliphatic heterocycles. The van der Waals surface area contributed by atoms with Crippen LogP contribution in [0.3, 0.4) is 0 Å². The molecule has 1 aromatic rings. The standard InChI is InChI=1S/C15H22BrNO/c1-11(7-8-18-2)17-13-9-12(10-13)14-5-3-4-6-15(14)16/h3-6,11-13,17H,7-10H2,1-2H3. The summed E-state index contributed by atoms with van der Waals surface area (Å²) < 4.78 is 6.36. The van der Waals surface area contributed by atoms with Gasteiger partial charge in [0.25, 0.3) is 0 Å². The maximum atomic E-state index is 5.11. The van der Waals surface area contributed by atoms with Crippen molar-refractivity contribution < 1.29 is 4.74 Å². The van der Waals surface area contributed by atoms with Crippen LogP contribution in [0.2, 0.25) is 0 Å². The minimum atomic E-state index is 0.551. The molecule has 18 heavy (non-hydrogen) atoms. The van der Waals surface area contributed by atoms with Gasteiger partial charge in [-0.25, -0.2) is 0 Å². The maximum absolute atomic E-state index is 5.11. The monoisotopic (exact) mass is 311 g/mol. The molecule has 3 heteroatoms. The Morgan fingerprint density at radius 1 is 1.39 bits per heavy atom. The molecule has 1 unspecified atom stereocenters. The summed E-state index contributed by atoms with van der Waals surface area (Å²) in [5, 5.41) is 3.68. The van der Waals surface area contributed by atoms with Gasteiger partial charge in [-0.2, -0.15) is 0 Å². The van der Waals surface area contributed by atoms with Crippen LogP contribution in [0, 0.1) is 0 Å². The third-order valence-corrected chi connectivity index (χ3v) is 4.48. The Hall–Kier alpha value is -0.380. The molecule has 100 valence electrons. The third-order valence-electron chi connectivity index (χ3n) is 3.76. The smallest absolute Gasteiger partial charge is 0.0476 e. The van der Waals surface area contributed by atoms with Gasteiger partial charge in [0.05, 0.1) is 0 Å². The van der Waals surface area contributed by atoms with Crippen LogP contribution >= 0.6 is 15.9 Å². The summed E-state index contributed by atoms with van der Waals surface area (Å²) in [6.45, 7) is 3.08. The molecular formula is C15H22BrNO. The Kier molecular flexibility index (Phi) is 5.22. The van der Waals surface area contributed by atoms with Gasteiger partial charge in [0.15, 0.2) is 0 Å². The molecule has 0 radical (unpaired) electrons. The fourth-order valence-electron chi connectivity index (χ4n) is 2.59. The third kappa shape index (κ3) is 3.56. The maximum Gasteiger partial charge on any atom is 0.0476 e. The second kappa shape index (κ2) is 6.69. The molecule has 0 aromatic heterocycles. The van der Waals surface area contributed by atoms with Gasteiger partial charge in [-0.3, -0.25) is 0 Å². The Bertz CT molecular complexity index is 377. The molecule has 1 aliphatic carbocycles. The summed E-state index contributed by atoms with van der Waals surface area (Å²) in [6, 6.07) is 9.80. The van der Waals surface area contributed by atoms with Gasteiger partial charge in [0, 0.05) is 30.3 Å². The Morgan fingerprint density at radius 2 is 2.11 bits per heavy atom. The van der Waals surface area contributed by atoms with Crippen LogP contribution in [0.15, 0.2) is 28.7 Å². The lowest BCUT2D eigenvalue weighted by molar-refractivity contribution is 0.175. The van der Waals surface area contributed by atoms with E-state index in [2.05, 4.69) is 52.4 Å². The molecule has 0 saturated heterocycles. The van der Waals surface area contributed by atoms with Crippen molar-refractivity contribution in [3.63, 3.8) is 0 Å². The number of methoxy groups -OCH3 is 1. The number of ether oxygens (including phenoxy) is 1. The molecule has 1 fully saturated rings. The highest BCUT2D eigenvalue weighted by molar-refractivity contribution is 9.10. The molecule has 1 aromatic carbocycles. The molecule has 2 nitrogen and oxygen atoms in total. The van der Waals surface area contributed by atoms with Gasteiger partial charge in [-0.15, -0.1) is 0 Å². The first-order valence-electron chi connectivity index (χ1n) is 6.70. The lowest BCUT2D eigenvalue weighted by Gasteiger charge is -2.38. The quantitative estimate of drug-likeness (QED) is 0.864. The minimum absolute atomic E-state index is 0.551. The van der Waals surface area contributed by atoms with Gasteiger partial charge < -0.3 is 10.1 Å². The fourth-order valence-corrected chi connectivity index (χ4v) is 3.20. The average molecular weight is 312 g/mol. The first kappa shape index (κ1) is 14.0. The summed E-state index contributed by atoms with van der Waals surface area (Å²) in [6.07, 6.45) is 3.59. The zero-order chi connectivity index (χ0) is 13.0. The van der Waals surface area contributed by atoms with Crippen LogP contribution in [0.5, 0.6) is 0 Å². The summed E-state index contributed by atoms with van der Waals surface area (Å²) in [5.74, 6) is 0.715. The molecule has 1 N–H and O–H groups in total. The van der Waals surface area contributed by atoms with Gasteiger partial charge >= 0.3 is 0 Å². The highest BCUT2D eigenvalue weighted by atomic mass is 79.9. The van der Waals surface area contributed by atoms with Crippen LogP contribution in [0.1, 0.15) is 37.7 Å². The first-order valence-corrected chi connectivity index (χ1v) is 7.49. The van der Waals surface area contributed by atoms with E-state index >= 15 is 0 Å². The van der Waals surface area contributed by atoms with Crippen molar-refractivity contribution >= 4 is 15.9 Å². The van der Waals surface area contributed by atoms with Crippen molar-refractivity contribution in [3.8, 4) is 0 Å². The van der Waals surface area contributed by atoms with Crippen LogP contribution in [-0.2, 0) is 4.74 Å². The zero-order valence-electron chi connectivity index (χ0n) is 11.2. The topological polar surface area (TPSA) is 21.3 Å². The molecule has 0 heterocycles. The Balaban J connectivity index is 1.75. The van der Waals surface area contributed by atoms with Crippen molar-refractivity contribution in [3.05, 3.63) is 34.3 Å². The fraction of sp³-hybridized carbons (Fsp3) is 0.600. The van der Waals surface area contributed by atoms with E-state index in [0.717, 1.165) is 13.0 Å². The van der Waals surface area contributed by atoms with Crippen molar-refractivity contribution in [2.45, 2.75) is 44.2 Å². The van der Waals surface area contributed by atoms with E-state index in [0.29, 0.717) is 18.0 Å². The van der Waals surface area contributed by atoms with Gasteiger partial charge in [-0.05, 0) is 43.7 Å². The van der Waals surface area contributed by atoms with Crippen molar-refractivity contribution in [1.29, 1.82) is 0 Å². The molecule has 0 spiro atoms. The molecule has 0 bridgehead atoms. The van der Waals surface area contributed by atoms with E-state index in [9.17, 15) is 0 Å². The number of hydrogen-bond acceptors (Lipinski definition) is 2. The predicted octanol–water partition coefficient (Wildman–Crippen LogP) is 3.71. The lowest BCUT2D eigenvalue weighted by atomic mass is 9.75. The molecule has 2 rings (SSSR count). The predicted molar refractivity (Wildman–Crippen MR) is 79.0 cm³/mol. The summed E-state index contributed by atoms with van der Waals surface area (Å²) in [7, 11) is 1.76. The van der Waals surface area contributed by atoms with Gasteiger partial charge in [-0.1, -0.05) is 34.1 Å². The number of rotatable bonds is 6. The number of hydrogen-bond donors (Lipinski definition) is 1. The van der Waals surface area contributed by atoms with E-state index < -0.39 is 0 Å². The molecule has 0 amide bonds. The largest absolute Gasteiger partial charge is 0.385 e. The number of halogens is 1. The van der Waals surface area contributed by atoms with E-state index in [1.165, 1.54) is 22.9 Å².